The van der Waals surface area contributed by atoms with Gasteiger partial charge in [0.1, 0.15) is 11.4 Å². The molecule has 0 aliphatic carbocycles. The molecule has 0 amide bonds. The van der Waals surface area contributed by atoms with Gasteiger partial charge in [0.15, 0.2) is 5.78 Å². The topological polar surface area (TPSA) is 50.4 Å². The van der Waals surface area contributed by atoms with Crippen LogP contribution in [0.4, 0.5) is 5.69 Å². The average molecular weight is 290 g/mol. The van der Waals surface area contributed by atoms with Crippen LogP contribution in [0.1, 0.15) is 45.0 Å². The SMILES string of the molecule is CC(C)CNC(C)C(=O)c1ccc2c(c1)NCC(C)(C)O2. The second-order valence-electron chi connectivity index (χ2n) is 6.81. The van der Waals surface area contributed by atoms with E-state index in [2.05, 4.69) is 24.5 Å². The van der Waals surface area contributed by atoms with Gasteiger partial charge in [-0.2, -0.15) is 0 Å². The molecule has 1 heterocycles. The van der Waals surface area contributed by atoms with Crippen molar-refractivity contribution >= 4 is 11.5 Å². The Bertz CT molecular complexity index is 524. The number of hydrogen-bond donors (Lipinski definition) is 2. The Kier molecular flexibility index (Phi) is 4.57. The van der Waals surface area contributed by atoms with E-state index in [0.29, 0.717) is 11.5 Å². The lowest BCUT2D eigenvalue weighted by Crippen LogP contribution is -2.40. The Morgan fingerprint density at radius 3 is 2.76 bits per heavy atom. The van der Waals surface area contributed by atoms with E-state index in [-0.39, 0.29) is 17.4 Å². The van der Waals surface area contributed by atoms with E-state index in [1.807, 2.05) is 39.0 Å². The molecular weight excluding hydrogens is 264 g/mol. The minimum atomic E-state index is -0.218. The zero-order valence-electron chi connectivity index (χ0n) is 13.6. The maximum Gasteiger partial charge on any atom is 0.179 e. The molecule has 1 atom stereocenters. The minimum absolute atomic E-state index is 0.116. The summed E-state index contributed by atoms with van der Waals surface area (Å²) in [6, 6.07) is 5.44. The third-order valence-electron chi connectivity index (χ3n) is 3.58. The number of carbonyl (C=O) groups is 1. The zero-order chi connectivity index (χ0) is 15.6. The van der Waals surface area contributed by atoms with Crippen molar-refractivity contribution in [1.29, 1.82) is 0 Å². The number of rotatable bonds is 5. The Morgan fingerprint density at radius 1 is 1.38 bits per heavy atom. The molecule has 0 aromatic heterocycles. The van der Waals surface area contributed by atoms with Gasteiger partial charge in [0, 0.05) is 5.56 Å². The summed E-state index contributed by atoms with van der Waals surface area (Å²) in [5.74, 6) is 1.46. The summed E-state index contributed by atoms with van der Waals surface area (Å²) >= 11 is 0. The van der Waals surface area contributed by atoms with Gasteiger partial charge in [-0.05, 0) is 51.4 Å². The highest BCUT2D eigenvalue weighted by Crippen LogP contribution is 2.33. The largest absolute Gasteiger partial charge is 0.484 e. The Balaban J connectivity index is 2.10. The lowest BCUT2D eigenvalue weighted by Gasteiger charge is -2.33. The number of anilines is 1. The van der Waals surface area contributed by atoms with E-state index >= 15 is 0 Å². The molecule has 0 fully saturated rings. The lowest BCUT2D eigenvalue weighted by molar-refractivity contribution is 0.0949. The second kappa shape index (κ2) is 6.06. The Morgan fingerprint density at radius 2 is 2.10 bits per heavy atom. The molecule has 4 nitrogen and oxygen atoms in total. The summed E-state index contributed by atoms with van der Waals surface area (Å²) in [5.41, 5.74) is 1.40. The summed E-state index contributed by atoms with van der Waals surface area (Å²) in [6.07, 6.45) is 0. The van der Waals surface area contributed by atoms with Crippen LogP contribution in [0.15, 0.2) is 18.2 Å². The van der Waals surface area contributed by atoms with E-state index in [9.17, 15) is 4.79 Å². The molecule has 4 heteroatoms. The second-order valence-corrected chi connectivity index (χ2v) is 6.81. The number of ketones is 1. The normalized spacial score (nSPS) is 17.6. The molecule has 1 aliphatic heterocycles. The fourth-order valence-electron chi connectivity index (χ4n) is 2.31. The third kappa shape index (κ3) is 3.97. The highest BCUT2D eigenvalue weighted by Gasteiger charge is 2.27. The van der Waals surface area contributed by atoms with Crippen molar-refractivity contribution in [3.8, 4) is 5.75 Å². The molecule has 0 bridgehead atoms. The average Bonchev–Trinajstić information content (AvgIpc) is 2.42. The number of Topliss-reactive ketones (excluding diaryl/α,β-unsaturated/α-hetero) is 1. The minimum Gasteiger partial charge on any atom is -0.484 e. The fraction of sp³-hybridized carbons (Fsp3) is 0.588. The Hall–Kier alpha value is -1.55. The van der Waals surface area contributed by atoms with Crippen LogP contribution in [0.3, 0.4) is 0 Å². The molecular formula is C17H26N2O2. The van der Waals surface area contributed by atoms with E-state index in [1.54, 1.807) is 0 Å². The van der Waals surface area contributed by atoms with Gasteiger partial charge >= 0.3 is 0 Å². The van der Waals surface area contributed by atoms with Gasteiger partial charge in [-0.25, -0.2) is 0 Å². The van der Waals surface area contributed by atoms with E-state index in [0.717, 1.165) is 24.5 Å². The quantitative estimate of drug-likeness (QED) is 0.818. The van der Waals surface area contributed by atoms with Crippen LogP contribution in [-0.4, -0.2) is 30.5 Å². The molecule has 0 saturated carbocycles. The molecule has 1 aromatic carbocycles. The summed E-state index contributed by atoms with van der Waals surface area (Å²) in [6.45, 7) is 11.8. The Labute approximate surface area is 127 Å². The summed E-state index contributed by atoms with van der Waals surface area (Å²) in [4.78, 5) is 12.4. The number of carbonyl (C=O) groups excluding carboxylic acids is 1. The number of nitrogens with one attached hydrogen (secondary N) is 2. The van der Waals surface area contributed by atoms with E-state index in [4.69, 9.17) is 4.74 Å². The molecule has 116 valence electrons. The van der Waals surface area contributed by atoms with Gasteiger partial charge in [-0.1, -0.05) is 13.8 Å². The lowest BCUT2D eigenvalue weighted by atomic mass is 10.0. The number of hydrogen-bond acceptors (Lipinski definition) is 4. The van der Waals surface area contributed by atoms with Gasteiger partial charge in [0.05, 0.1) is 18.3 Å². The standard InChI is InChI=1S/C17H26N2O2/c1-11(2)9-18-12(3)16(20)13-6-7-15-14(8-13)19-10-17(4,5)21-15/h6-8,11-12,18-19H,9-10H2,1-5H3. The molecule has 1 aliphatic rings. The van der Waals surface area contributed by atoms with Crippen LogP contribution in [0.2, 0.25) is 0 Å². The van der Waals surface area contributed by atoms with Gasteiger partial charge in [-0.3, -0.25) is 4.79 Å². The number of fused-ring (bicyclic) bond motifs is 1. The van der Waals surface area contributed by atoms with Crippen molar-refractivity contribution in [3.05, 3.63) is 23.8 Å². The molecule has 2 rings (SSSR count). The number of ether oxygens (including phenoxy) is 1. The molecule has 1 unspecified atom stereocenters. The zero-order valence-corrected chi connectivity index (χ0v) is 13.6. The van der Waals surface area contributed by atoms with Crippen molar-refractivity contribution in [1.82, 2.24) is 5.32 Å². The molecule has 0 saturated heterocycles. The first-order valence-corrected chi connectivity index (χ1v) is 7.63. The third-order valence-corrected chi connectivity index (χ3v) is 3.58. The first-order chi connectivity index (χ1) is 9.78. The molecule has 21 heavy (non-hydrogen) atoms. The highest BCUT2D eigenvalue weighted by molar-refractivity contribution is 6.01. The monoisotopic (exact) mass is 290 g/mol. The van der Waals surface area contributed by atoms with Gasteiger partial charge in [0.2, 0.25) is 0 Å². The van der Waals surface area contributed by atoms with Crippen LogP contribution in [0.25, 0.3) is 0 Å². The number of benzene rings is 1. The van der Waals surface area contributed by atoms with Crippen LogP contribution < -0.4 is 15.4 Å². The van der Waals surface area contributed by atoms with Crippen molar-refractivity contribution in [3.63, 3.8) is 0 Å². The molecule has 1 aromatic rings. The van der Waals surface area contributed by atoms with E-state index < -0.39 is 0 Å². The predicted molar refractivity (Wildman–Crippen MR) is 86.3 cm³/mol. The molecule has 0 spiro atoms. The fourth-order valence-corrected chi connectivity index (χ4v) is 2.31. The predicted octanol–water partition coefficient (Wildman–Crippen LogP) is 3.09. The van der Waals surface area contributed by atoms with Crippen molar-refractivity contribution in [2.75, 3.05) is 18.4 Å². The van der Waals surface area contributed by atoms with Crippen LogP contribution in [-0.2, 0) is 0 Å². The smallest absolute Gasteiger partial charge is 0.179 e. The van der Waals surface area contributed by atoms with Crippen molar-refractivity contribution in [2.45, 2.75) is 46.3 Å². The summed E-state index contributed by atoms with van der Waals surface area (Å²) in [7, 11) is 0. The maximum absolute atomic E-state index is 12.4. The van der Waals surface area contributed by atoms with Crippen molar-refractivity contribution in [2.24, 2.45) is 5.92 Å². The van der Waals surface area contributed by atoms with Gasteiger partial charge in [-0.15, -0.1) is 0 Å². The van der Waals surface area contributed by atoms with Crippen LogP contribution >= 0.6 is 0 Å². The van der Waals surface area contributed by atoms with Gasteiger partial charge in [0.25, 0.3) is 0 Å². The maximum atomic E-state index is 12.4. The van der Waals surface area contributed by atoms with Crippen LogP contribution in [0.5, 0.6) is 5.75 Å². The molecule has 0 radical (unpaired) electrons. The van der Waals surface area contributed by atoms with Crippen LogP contribution in [0, 0.1) is 5.92 Å². The highest BCUT2D eigenvalue weighted by atomic mass is 16.5. The van der Waals surface area contributed by atoms with E-state index in [1.165, 1.54) is 0 Å². The first-order valence-electron chi connectivity index (χ1n) is 7.63. The van der Waals surface area contributed by atoms with Crippen molar-refractivity contribution < 1.29 is 9.53 Å². The molecule has 2 N–H and O–H groups in total. The van der Waals surface area contributed by atoms with Gasteiger partial charge < -0.3 is 15.4 Å². The summed E-state index contributed by atoms with van der Waals surface area (Å²) < 4.78 is 5.90. The summed E-state index contributed by atoms with van der Waals surface area (Å²) in [5, 5.41) is 6.61. The first kappa shape index (κ1) is 15.8.